The Morgan fingerprint density at radius 2 is 2.24 bits per heavy atom. The highest BCUT2D eigenvalue weighted by molar-refractivity contribution is 5.78. The van der Waals surface area contributed by atoms with Crippen molar-refractivity contribution in [1.29, 1.82) is 0 Å². The number of likely N-dealkylation sites (tertiary alicyclic amines) is 1. The molecule has 0 aromatic rings. The maximum absolute atomic E-state index is 12.2. The minimum atomic E-state index is -4.13. The molecule has 0 aromatic carbocycles. The fourth-order valence-electron chi connectivity index (χ4n) is 1.83. The second-order valence-electron chi connectivity index (χ2n) is 4.25. The van der Waals surface area contributed by atoms with Crippen molar-refractivity contribution in [1.82, 2.24) is 10.2 Å². The normalized spacial score (nSPS) is 23.1. The van der Waals surface area contributed by atoms with Crippen LogP contribution in [-0.4, -0.2) is 49.3 Å². The Kier molecular flexibility index (Phi) is 5.04. The molecule has 1 heterocycles. The van der Waals surface area contributed by atoms with Crippen molar-refractivity contribution in [3.63, 3.8) is 0 Å². The van der Waals surface area contributed by atoms with Crippen molar-refractivity contribution in [2.75, 3.05) is 26.2 Å². The molecule has 1 unspecified atom stereocenters. The van der Waals surface area contributed by atoms with Crippen LogP contribution in [0.1, 0.15) is 19.8 Å². The molecule has 7 heteroatoms. The molecule has 4 nitrogen and oxygen atoms in total. The molecule has 0 aromatic heterocycles. The molecule has 0 saturated carbocycles. The number of nitrogens with two attached hydrogens (primary N) is 1. The molecule has 1 rings (SSSR count). The highest BCUT2D eigenvalue weighted by Gasteiger charge is 2.34. The smallest absolute Gasteiger partial charge is 0.370 e. The lowest BCUT2D eigenvalue weighted by molar-refractivity contribution is -0.143. The molecule has 1 aliphatic rings. The van der Waals surface area contributed by atoms with Gasteiger partial charge in [0.1, 0.15) is 0 Å². The molecule has 1 atom stereocenters. The van der Waals surface area contributed by atoms with Crippen LogP contribution in [0.2, 0.25) is 0 Å². The first kappa shape index (κ1) is 14.1. The Bertz CT molecular complexity index is 265. The van der Waals surface area contributed by atoms with Gasteiger partial charge < -0.3 is 11.1 Å². The summed E-state index contributed by atoms with van der Waals surface area (Å²) < 4.78 is 36.5. The molecular formula is C10H19F3N4. The van der Waals surface area contributed by atoms with E-state index in [9.17, 15) is 13.2 Å². The number of nitrogens with zero attached hydrogens (tertiary/aromatic N) is 2. The van der Waals surface area contributed by atoms with Gasteiger partial charge in [-0.2, -0.15) is 13.2 Å². The number of alkyl halides is 3. The fourth-order valence-corrected chi connectivity index (χ4v) is 1.83. The molecule has 1 fully saturated rings. The van der Waals surface area contributed by atoms with E-state index in [1.54, 1.807) is 0 Å². The standard InChI is InChI=1S/C10H19F3N4/c1-2-4-15-9(14)16-8-3-5-17(6-8)7-10(11,12)13/h8H,2-7H2,1H3,(H3,14,15,16). The van der Waals surface area contributed by atoms with Crippen molar-refractivity contribution >= 4 is 5.96 Å². The molecule has 1 aliphatic heterocycles. The minimum Gasteiger partial charge on any atom is -0.370 e. The molecule has 17 heavy (non-hydrogen) atoms. The summed E-state index contributed by atoms with van der Waals surface area (Å²) in [7, 11) is 0. The van der Waals surface area contributed by atoms with Gasteiger partial charge in [0.15, 0.2) is 5.96 Å². The molecule has 100 valence electrons. The summed E-state index contributed by atoms with van der Waals surface area (Å²) in [6.45, 7) is 2.58. The van der Waals surface area contributed by atoms with Gasteiger partial charge in [0, 0.05) is 25.7 Å². The summed E-state index contributed by atoms with van der Waals surface area (Å²) >= 11 is 0. The van der Waals surface area contributed by atoms with Crippen LogP contribution in [0.15, 0.2) is 4.99 Å². The Labute approximate surface area is 99.1 Å². The van der Waals surface area contributed by atoms with Crippen LogP contribution in [0, 0.1) is 0 Å². The molecule has 3 N–H and O–H groups in total. The molecule has 0 radical (unpaired) electrons. The number of rotatable bonds is 4. The van der Waals surface area contributed by atoms with Gasteiger partial charge in [-0.05, 0) is 12.8 Å². The van der Waals surface area contributed by atoms with Gasteiger partial charge in [-0.3, -0.25) is 9.89 Å². The number of guanidine groups is 1. The van der Waals surface area contributed by atoms with Crippen LogP contribution in [0.4, 0.5) is 13.2 Å². The number of aliphatic imine (C=N–C) groups is 1. The van der Waals surface area contributed by atoms with Crippen molar-refractivity contribution in [2.24, 2.45) is 10.7 Å². The number of nitrogens with one attached hydrogen (secondary N) is 1. The number of hydrogen-bond acceptors (Lipinski definition) is 2. The Hall–Kier alpha value is -0.980. The maximum atomic E-state index is 12.2. The van der Waals surface area contributed by atoms with Gasteiger partial charge in [0.05, 0.1) is 6.54 Å². The van der Waals surface area contributed by atoms with Gasteiger partial charge in [-0.25, -0.2) is 0 Å². The van der Waals surface area contributed by atoms with E-state index in [0.717, 1.165) is 6.42 Å². The van der Waals surface area contributed by atoms with E-state index in [0.29, 0.717) is 32.0 Å². The second kappa shape index (κ2) is 6.09. The van der Waals surface area contributed by atoms with Gasteiger partial charge in [0.2, 0.25) is 0 Å². The van der Waals surface area contributed by atoms with E-state index < -0.39 is 12.7 Å². The summed E-state index contributed by atoms with van der Waals surface area (Å²) in [5, 5.41) is 2.95. The lowest BCUT2D eigenvalue weighted by Crippen LogP contribution is -2.42. The number of halogens is 3. The summed E-state index contributed by atoms with van der Waals surface area (Å²) in [5.74, 6) is 0.325. The van der Waals surface area contributed by atoms with E-state index in [4.69, 9.17) is 5.73 Å². The molecule has 0 bridgehead atoms. The summed E-state index contributed by atoms with van der Waals surface area (Å²) in [6.07, 6.45) is -2.57. The third kappa shape index (κ3) is 5.76. The maximum Gasteiger partial charge on any atom is 0.401 e. The largest absolute Gasteiger partial charge is 0.401 e. The van der Waals surface area contributed by atoms with Crippen molar-refractivity contribution in [2.45, 2.75) is 32.0 Å². The molecule has 0 spiro atoms. The third-order valence-electron chi connectivity index (χ3n) is 2.53. The monoisotopic (exact) mass is 252 g/mol. The van der Waals surface area contributed by atoms with Crippen LogP contribution in [0.3, 0.4) is 0 Å². The lowest BCUT2D eigenvalue weighted by Gasteiger charge is -2.18. The third-order valence-corrected chi connectivity index (χ3v) is 2.53. The van der Waals surface area contributed by atoms with E-state index in [2.05, 4.69) is 10.3 Å². The molecule has 0 amide bonds. The highest BCUT2D eigenvalue weighted by atomic mass is 19.4. The second-order valence-corrected chi connectivity index (χ2v) is 4.25. The van der Waals surface area contributed by atoms with Crippen molar-refractivity contribution in [3.8, 4) is 0 Å². The SMILES string of the molecule is CCCN=C(N)NC1CCN(CC(F)(F)F)C1. The van der Waals surface area contributed by atoms with E-state index in [1.165, 1.54) is 4.90 Å². The summed E-state index contributed by atoms with van der Waals surface area (Å²) in [5.41, 5.74) is 5.61. The number of hydrogen-bond donors (Lipinski definition) is 2. The van der Waals surface area contributed by atoms with Gasteiger partial charge in [-0.15, -0.1) is 0 Å². The lowest BCUT2D eigenvalue weighted by atomic mass is 10.3. The summed E-state index contributed by atoms with van der Waals surface area (Å²) in [6, 6.07) is -0.0297. The topological polar surface area (TPSA) is 53.6 Å². The fraction of sp³-hybridized carbons (Fsp3) is 0.900. The Morgan fingerprint density at radius 1 is 1.53 bits per heavy atom. The van der Waals surface area contributed by atoms with E-state index in [1.807, 2.05) is 6.92 Å². The highest BCUT2D eigenvalue weighted by Crippen LogP contribution is 2.19. The summed E-state index contributed by atoms with van der Waals surface area (Å²) in [4.78, 5) is 5.43. The first-order valence-electron chi connectivity index (χ1n) is 5.76. The van der Waals surface area contributed by atoms with Crippen LogP contribution in [0.25, 0.3) is 0 Å². The van der Waals surface area contributed by atoms with Crippen LogP contribution < -0.4 is 11.1 Å². The van der Waals surface area contributed by atoms with Gasteiger partial charge in [-0.1, -0.05) is 6.92 Å². The predicted molar refractivity (Wildman–Crippen MR) is 60.8 cm³/mol. The molecule has 0 aliphatic carbocycles. The zero-order valence-electron chi connectivity index (χ0n) is 9.93. The zero-order chi connectivity index (χ0) is 12.9. The Balaban J connectivity index is 2.31. The van der Waals surface area contributed by atoms with Crippen LogP contribution >= 0.6 is 0 Å². The zero-order valence-corrected chi connectivity index (χ0v) is 9.93. The Morgan fingerprint density at radius 3 is 2.82 bits per heavy atom. The van der Waals surface area contributed by atoms with Crippen LogP contribution in [0.5, 0.6) is 0 Å². The average molecular weight is 252 g/mol. The van der Waals surface area contributed by atoms with E-state index in [-0.39, 0.29) is 6.04 Å². The van der Waals surface area contributed by atoms with Crippen molar-refractivity contribution in [3.05, 3.63) is 0 Å². The van der Waals surface area contributed by atoms with Gasteiger partial charge >= 0.3 is 6.18 Å². The molecule has 1 saturated heterocycles. The predicted octanol–water partition coefficient (Wildman–Crippen LogP) is 0.937. The quantitative estimate of drug-likeness (QED) is 0.578. The average Bonchev–Trinajstić information content (AvgIpc) is 2.59. The first-order valence-corrected chi connectivity index (χ1v) is 5.76. The van der Waals surface area contributed by atoms with Gasteiger partial charge in [0.25, 0.3) is 0 Å². The van der Waals surface area contributed by atoms with E-state index >= 15 is 0 Å². The minimum absolute atomic E-state index is 0.0297. The first-order chi connectivity index (χ1) is 7.90. The van der Waals surface area contributed by atoms with Crippen LogP contribution in [-0.2, 0) is 0 Å². The van der Waals surface area contributed by atoms with Crippen molar-refractivity contribution < 1.29 is 13.2 Å². The molecular weight excluding hydrogens is 233 g/mol.